The van der Waals surface area contributed by atoms with Gasteiger partial charge >= 0.3 is 0 Å². The van der Waals surface area contributed by atoms with Crippen molar-refractivity contribution < 1.29 is 0 Å². The Morgan fingerprint density at radius 3 is 2.44 bits per heavy atom. The second kappa shape index (κ2) is 4.41. The fraction of sp³-hybridized carbons (Fsp3) is 0. The van der Waals surface area contributed by atoms with Crippen LogP contribution >= 0.6 is 34.8 Å². The Labute approximate surface area is 106 Å². The summed E-state index contributed by atoms with van der Waals surface area (Å²) in [6.45, 7) is 0. The summed E-state index contributed by atoms with van der Waals surface area (Å²) in [5.41, 5.74) is 6.02. The highest BCUT2D eigenvalue weighted by molar-refractivity contribution is 6.43. The van der Waals surface area contributed by atoms with Crippen LogP contribution in [0.25, 0.3) is 11.4 Å². The Morgan fingerprint density at radius 2 is 1.75 bits per heavy atom. The average Bonchev–Trinajstić information content (AvgIpc) is 2.20. The van der Waals surface area contributed by atoms with E-state index in [1.165, 1.54) is 0 Å². The minimum absolute atomic E-state index is 0.0125. The number of benzene rings is 1. The molecule has 0 spiro atoms. The molecule has 7 heteroatoms. The Balaban J connectivity index is 2.63. The first-order valence-electron chi connectivity index (χ1n) is 4.19. The molecule has 1 aromatic heterocycles. The summed E-state index contributed by atoms with van der Waals surface area (Å²) < 4.78 is 0. The van der Waals surface area contributed by atoms with Crippen molar-refractivity contribution in [1.82, 2.24) is 15.0 Å². The molecule has 2 aromatic rings. The molecule has 16 heavy (non-hydrogen) atoms. The highest BCUT2D eigenvalue weighted by Gasteiger charge is 2.11. The predicted molar refractivity (Wildman–Crippen MR) is 64.7 cm³/mol. The molecule has 2 rings (SSSR count). The van der Waals surface area contributed by atoms with Crippen LogP contribution in [0.4, 0.5) is 5.95 Å². The fourth-order valence-corrected chi connectivity index (χ4v) is 1.71. The molecular formula is C9H5Cl3N4. The van der Waals surface area contributed by atoms with Crippen molar-refractivity contribution in [3.8, 4) is 11.4 Å². The molecule has 0 aliphatic rings. The van der Waals surface area contributed by atoms with E-state index in [4.69, 9.17) is 40.5 Å². The van der Waals surface area contributed by atoms with Gasteiger partial charge < -0.3 is 5.73 Å². The van der Waals surface area contributed by atoms with Crippen LogP contribution < -0.4 is 5.73 Å². The largest absolute Gasteiger partial charge is 0.368 e. The van der Waals surface area contributed by atoms with E-state index in [1.807, 2.05) is 0 Å². The van der Waals surface area contributed by atoms with Crippen molar-refractivity contribution >= 4 is 40.8 Å². The Bertz CT molecular complexity index is 524. The van der Waals surface area contributed by atoms with Crippen LogP contribution in [0.1, 0.15) is 0 Å². The smallest absolute Gasteiger partial charge is 0.227 e. The van der Waals surface area contributed by atoms with E-state index >= 15 is 0 Å². The van der Waals surface area contributed by atoms with E-state index in [2.05, 4.69) is 15.0 Å². The van der Waals surface area contributed by atoms with Crippen LogP contribution in [0, 0.1) is 0 Å². The lowest BCUT2D eigenvalue weighted by Crippen LogP contribution is -2.00. The fourth-order valence-electron chi connectivity index (χ4n) is 1.16. The molecule has 0 aliphatic carbocycles. The molecule has 0 amide bonds. The third kappa shape index (κ3) is 2.19. The minimum Gasteiger partial charge on any atom is -0.368 e. The van der Waals surface area contributed by atoms with Gasteiger partial charge in [0.05, 0.1) is 10.0 Å². The van der Waals surface area contributed by atoms with E-state index in [0.29, 0.717) is 21.4 Å². The summed E-state index contributed by atoms with van der Waals surface area (Å²) >= 11 is 17.6. The quantitative estimate of drug-likeness (QED) is 0.868. The molecule has 4 nitrogen and oxygen atoms in total. The average molecular weight is 276 g/mol. The SMILES string of the molecule is Nc1nc(Cl)nc(-c2cccc(Cl)c2Cl)n1. The summed E-state index contributed by atoms with van der Waals surface area (Å²) in [5.74, 6) is 0.330. The van der Waals surface area contributed by atoms with Crippen LogP contribution in [-0.4, -0.2) is 15.0 Å². The maximum atomic E-state index is 6.02. The van der Waals surface area contributed by atoms with Gasteiger partial charge in [-0.3, -0.25) is 0 Å². The van der Waals surface area contributed by atoms with Gasteiger partial charge in [-0.1, -0.05) is 29.3 Å². The van der Waals surface area contributed by atoms with Gasteiger partial charge in [0, 0.05) is 5.56 Å². The van der Waals surface area contributed by atoms with Gasteiger partial charge in [-0.2, -0.15) is 15.0 Å². The van der Waals surface area contributed by atoms with Gasteiger partial charge in [0.15, 0.2) is 5.82 Å². The van der Waals surface area contributed by atoms with E-state index in [1.54, 1.807) is 18.2 Å². The van der Waals surface area contributed by atoms with Crippen molar-refractivity contribution in [1.29, 1.82) is 0 Å². The number of aromatic nitrogens is 3. The number of nitrogens with two attached hydrogens (primary N) is 1. The van der Waals surface area contributed by atoms with E-state index in [9.17, 15) is 0 Å². The molecule has 0 aliphatic heterocycles. The lowest BCUT2D eigenvalue weighted by molar-refractivity contribution is 1.07. The number of halogens is 3. The third-order valence-corrected chi connectivity index (χ3v) is 2.81. The minimum atomic E-state index is 0.0125. The number of rotatable bonds is 1. The summed E-state index contributed by atoms with van der Waals surface area (Å²) in [6, 6.07) is 5.12. The standard InChI is InChI=1S/C9H5Cl3N4/c10-5-3-1-2-4(6(5)11)7-14-8(12)16-9(13)15-7/h1-3H,(H2,13,14,15,16). The monoisotopic (exact) mass is 274 g/mol. The van der Waals surface area contributed by atoms with Gasteiger partial charge in [0.25, 0.3) is 0 Å². The van der Waals surface area contributed by atoms with Crippen LogP contribution in [0.2, 0.25) is 15.3 Å². The normalized spacial score (nSPS) is 10.4. The molecule has 0 bridgehead atoms. The first-order valence-corrected chi connectivity index (χ1v) is 5.33. The molecule has 2 N–H and O–H groups in total. The van der Waals surface area contributed by atoms with Crippen molar-refractivity contribution in [2.24, 2.45) is 0 Å². The molecule has 1 aromatic carbocycles. The number of anilines is 1. The van der Waals surface area contributed by atoms with Gasteiger partial charge in [0.1, 0.15) is 0 Å². The van der Waals surface area contributed by atoms with Gasteiger partial charge in [-0.25, -0.2) is 0 Å². The van der Waals surface area contributed by atoms with E-state index < -0.39 is 0 Å². The van der Waals surface area contributed by atoms with E-state index in [-0.39, 0.29) is 11.2 Å². The van der Waals surface area contributed by atoms with Crippen LogP contribution in [0.3, 0.4) is 0 Å². The lowest BCUT2D eigenvalue weighted by Gasteiger charge is -2.04. The number of hydrogen-bond donors (Lipinski definition) is 1. The van der Waals surface area contributed by atoms with Crippen LogP contribution in [0.5, 0.6) is 0 Å². The van der Waals surface area contributed by atoms with Crippen molar-refractivity contribution in [2.75, 3.05) is 5.73 Å². The Hall–Kier alpha value is -1.10. The lowest BCUT2D eigenvalue weighted by atomic mass is 10.2. The first kappa shape index (κ1) is 11.4. The highest BCUT2D eigenvalue weighted by atomic mass is 35.5. The zero-order chi connectivity index (χ0) is 11.7. The topological polar surface area (TPSA) is 64.7 Å². The number of nitrogen functional groups attached to an aromatic ring is 1. The molecule has 0 unspecified atom stereocenters. The second-order valence-electron chi connectivity index (χ2n) is 2.89. The summed E-state index contributed by atoms with van der Waals surface area (Å²) in [5, 5.41) is 0.777. The second-order valence-corrected chi connectivity index (χ2v) is 4.01. The van der Waals surface area contributed by atoms with Crippen molar-refractivity contribution in [2.45, 2.75) is 0 Å². The molecule has 0 radical (unpaired) electrons. The highest BCUT2D eigenvalue weighted by Crippen LogP contribution is 2.31. The Kier molecular flexibility index (Phi) is 3.14. The van der Waals surface area contributed by atoms with Crippen LogP contribution in [-0.2, 0) is 0 Å². The van der Waals surface area contributed by atoms with Crippen molar-refractivity contribution in [3.63, 3.8) is 0 Å². The third-order valence-electron chi connectivity index (χ3n) is 1.82. The van der Waals surface area contributed by atoms with Gasteiger partial charge in [-0.05, 0) is 23.7 Å². The maximum absolute atomic E-state index is 6.02. The molecule has 0 saturated heterocycles. The maximum Gasteiger partial charge on any atom is 0.227 e. The molecule has 82 valence electrons. The summed E-state index contributed by atoms with van der Waals surface area (Å²) in [7, 11) is 0. The van der Waals surface area contributed by atoms with E-state index in [0.717, 1.165) is 0 Å². The van der Waals surface area contributed by atoms with Gasteiger partial charge in [-0.15, -0.1) is 0 Å². The zero-order valence-corrected chi connectivity index (χ0v) is 10.1. The Morgan fingerprint density at radius 1 is 1.00 bits per heavy atom. The predicted octanol–water partition coefficient (Wildman–Crippen LogP) is 3.08. The zero-order valence-electron chi connectivity index (χ0n) is 7.78. The summed E-state index contributed by atoms with van der Waals surface area (Å²) in [6.07, 6.45) is 0. The number of hydrogen-bond acceptors (Lipinski definition) is 4. The molecule has 0 atom stereocenters. The van der Waals surface area contributed by atoms with Crippen molar-refractivity contribution in [3.05, 3.63) is 33.5 Å². The summed E-state index contributed by atoms with van der Waals surface area (Å²) in [4.78, 5) is 11.5. The number of nitrogens with zero attached hydrogens (tertiary/aromatic N) is 3. The molecule has 0 fully saturated rings. The molecule has 1 heterocycles. The molecular weight excluding hydrogens is 270 g/mol. The first-order chi connectivity index (χ1) is 7.58. The van der Waals surface area contributed by atoms with Gasteiger partial charge in [0.2, 0.25) is 11.2 Å². The molecule has 0 saturated carbocycles. The van der Waals surface area contributed by atoms with Crippen LogP contribution in [0.15, 0.2) is 18.2 Å².